The lowest BCUT2D eigenvalue weighted by molar-refractivity contribution is -0.124. The smallest absolute Gasteiger partial charge is 0.346 e. The van der Waals surface area contributed by atoms with Crippen LogP contribution in [0.25, 0.3) is 22.3 Å². The molecule has 12 heteroatoms. The van der Waals surface area contributed by atoms with Gasteiger partial charge in [0.1, 0.15) is 11.6 Å². The first-order valence-corrected chi connectivity index (χ1v) is 14.5. The van der Waals surface area contributed by atoms with Crippen molar-refractivity contribution in [2.75, 3.05) is 19.0 Å². The average Bonchev–Trinajstić information content (AvgIpc) is 3.02. The summed E-state index contributed by atoms with van der Waals surface area (Å²) in [5.41, 5.74) is 3.71. The van der Waals surface area contributed by atoms with E-state index in [1.807, 2.05) is 38.1 Å². The van der Waals surface area contributed by atoms with Crippen LogP contribution < -0.4 is 31.9 Å². The van der Waals surface area contributed by atoms with Crippen molar-refractivity contribution in [3.05, 3.63) is 97.6 Å². The molecule has 1 aliphatic heterocycles. The molecule has 1 unspecified atom stereocenters. The van der Waals surface area contributed by atoms with Crippen molar-refractivity contribution in [1.29, 1.82) is 0 Å². The van der Waals surface area contributed by atoms with E-state index in [1.54, 1.807) is 18.2 Å². The van der Waals surface area contributed by atoms with Crippen LogP contribution in [0.4, 0.5) is 10.1 Å². The summed E-state index contributed by atoms with van der Waals surface area (Å²) in [5.74, 6) is -0.899. The number of amides is 2. The SMILES string of the molecule is COc1cc(-c2cccc(-c3cccc(NC(=O)c4nn(C)c(=O)n(C)c4=O)c3C)c2C)cc(F)c1CNC1CCCNC1=O. The van der Waals surface area contributed by atoms with Crippen molar-refractivity contribution in [1.82, 2.24) is 25.0 Å². The number of benzene rings is 3. The Kier molecular flexibility index (Phi) is 8.96. The molecule has 0 bridgehead atoms. The maximum Gasteiger partial charge on any atom is 0.346 e. The number of nitrogens with one attached hydrogen (secondary N) is 3. The number of carbonyl (C=O) groups is 2. The molecule has 234 valence electrons. The molecule has 2 amide bonds. The minimum absolute atomic E-state index is 0.0865. The van der Waals surface area contributed by atoms with Crippen molar-refractivity contribution in [2.24, 2.45) is 14.1 Å². The van der Waals surface area contributed by atoms with Crippen LogP contribution in [-0.4, -0.2) is 45.9 Å². The molecule has 0 aliphatic carbocycles. The molecular formula is C33H35FN6O5. The van der Waals surface area contributed by atoms with Crippen LogP contribution in [-0.2, 0) is 25.4 Å². The zero-order chi connectivity index (χ0) is 32.4. The van der Waals surface area contributed by atoms with Crippen molar-refractivity contribution in [3.63, 3.8) is 0 Å². The number of anilines is 1. The first kappa shape index (κ1) is 31.3. The number of carbonyl (C=O) groups excluding carboxylic acids is 2. The number of piperidine rings is 1. The highest BCUT2D eigenvalue weighted by Gasteiger charge is 2.23. The Hall–Kier alpha value is -5.10. The molecular weight excluding hydrogens is 579 g/mol. The Bertz CT molecular complexity index is 1930. The Morgan fingerprint density at radius 3 is 2.44 bits per heavy atom. The van der Waals surface area contributed by atoms with Gasteiger partial charge in [-0.2, -0.15) is 5.10 Å². The van der Waals surface area contributed by atoms with Gasteiger partial charge in [-0.05, 0) is 78.3 Å². The van der Waals surface area contributed by atoms with Gasteiger partial charge in [-0.3, -0.25) is 19.0 Å². The van der Waals surface area contributed by atoms with E-state index in [4.69, 9.17) is 4.74 Å². The van der Waals surface area contributed by atoms with Crippen LogP contribution in [0.5, 0.6) is 5.75 Å². The standard InChI is InChI=1S/C33H35FN6O5/c1-18-21(20-15-25(34)24(28(16-20)45-5)17-36-27-13-8-14-35-30(27)41)9-6-10-22(18)23-11-7-12-26(19(23)2)37-31(42)29-32(43)39(3)33(44)40(4)38-29/h6-7,9-12,15-16,27,36H,8,13-14,17H2,1-5H3,(H,35,41)(H,37,42). The summed E-state index contributed by atoms with van der Waals surface area (Å²) in [4.78, 5) is 49.7. The number of aryl methyl sites for hydroxylation is 1. The van der Waals surface area contributed by atoms with Crippen molar-refractivity contribution >= 4 is 17.5 Å². The summed E-state index contributed by atoms with van der Waals surface area (Å²) in [7, 11) is 4.14. The lowest BCUT2D eigenvalue weighted by atomic mass is 9.90. The minimum Gasteiger partial charge on any atom is -0.496 e. The molecule has 2 heterocycles. The zero-order valence-corrected chi connectivity index (χ0v) is 25.8. The summed E-state index contributed by atoms with van der Waals surface area (Å²) < 4.78 is 22.9. The Balaban J connectivity index is 1.45. The van der Waals surface area contributed by atoms with Crippen molar-refractivity contribution in [3.8, 4) is 28.0 Å². The first-order valence-electron chi connectivity index (χ1n) is 14.5. The largest absolute Gasteiger partial charge is 0.496 e. The van der Waals surface area contributed by atoms with E-state index < -0.39 is 28.7 Å². The maximum absolute atomic E-state index is 15.6. The van der Waals surface area contributed by atoms with Crippen LogP contribution in [0, 0.1) is 19.7 Å². The summed E-state index contributed by atoms with van der Waals surface area (Å²) in [6.07, 6.45) is 1.55. The highest BCUT2D eigenvalue weighted by Crippen LogP contribution is 2.37. The van der Waals surface area contributed by atoms with Gasteiger partial charge in [-0.1, -0.05) is 30.3 Å². The van der Waals surface area contributed by atoms with E-state index >= 15 is 4.39 Å². The molecule has 4 aromatic rings. The molecule has 0 saturated carbocycles. The number of methoxy groups -OCH3 is 1. The predicted octanol–water partition coefficient (Wildman–Crippen LogP) is 3.20. The first-order chi connectivity index (χ1) is 21.5. The molecule has 3 N–H and O–H groups in total. The Morgan fingerprint density at radius 1 is 1.04 bits per heavy atom. The normalized spacial score (nSPS) is 14.6. The van der Waals surface area contributed by atoms with Crippen LogP contribution in [0.2, 0.25) is 0 Å². The molecule has 1 fully saturated rings. The molecule has 1 atom stereocenters. The third kappa shape index (κ3) is 6.14. The molecule has 1 aliphatic rings. The van der Waals surface area contributed by atoms with E-state index in [2.05, 4.69) is 21.0 Å². The van der Waals surface area contributed by atoms with Crippen molar-refractivity contribution in [2.45, 2.75) is 39.3 Å². The quantitative estimate of drug-likeness (QED) is 0.277. The topological polar surface area (TPSA) is 136 Å². The maximum atomic E-state index is 15.6. The fraction of sp³-hybridized carbons (Fsp3) is 0.303. The van der Waals surface area contributed by atoms with Gasteiger partial charge in [0.05, 0.1) is 13.2 Å². The molecule has 1 saturated heterocycles. The van der Waals surface area contributed by atoms with Gasteiger partial charge in [0.2, 0.25) is 11.6 Å². The number of hydrogen-bond donors (Lipinski definition) is 3. The van der Waals surface area contributed by atoms with Crippen LogP contribution in [0.3, 0.4) is 0 Å². The molecule has 1 aromatic heterocycles. The van der Waals surface area contributed by atoms with Gasteiger partial charge in [0.25, 0.3) is 11.5 Å². The molecule has 0 spiro atoms. The lowest BCUT2D eigenvalue weighted by Gasteiger charge is -2.23. The number of aromatic nitrogens is 3. The van der Waals surface area contributed by atoms with Crippen LogP contribution in [0.15, 0.2) is 58.1 Å². The summed E-state index contributed by atoms with van der Waals surface area (Å²) in [6.45, 7) is 4.58. The van der Waals surface area contributed by atoms with Crippen molar-refractivity contribution < 1.29 is 18.7 Å². The van der Waals surface area contributed by atoms with E-state index in [1.165, 1.54) is 27.3 Å². The predicted molar refractivity (Wildman–Crippen MR) is 169 cm³/mol. The third-order valence-electron chi connectivity index (χ3n) is 8.24. The van der Waals surface area contributed by atoms with E-state index in [9.17, 15) is 19.2 Å². The highest BCUT2D eigenvalue weighted by molar-refractivity contribution is 6.03. The molecule has 5 rings (SSSR count). The number of nitrogens with zero attached hydrogens (tertiary/aromatic N) is 3. The van der Waals surface area contributed by atoms with Gasteiger partial charge in [-0.25, -0.2) is 13.9 Å². The van der Waals surface area contributed by atoms with Crippen LogP contribution >= 0.6 is 0 Å². The molecule has 0 radical (unpaired) electrons. The zero-order valence-electron chi connectivity index (χ0n) is 25.8. The number of ether oxygens (including phenoxy) is 1. The molecule has 45 heavy (non-hydrogen) atoms. The summed E-state index contributed by atoms with van der Waals surface area (Å²) >= 11 is 0. The Morgan fingerprint density at radius 2 is 1.73 bits per heavy atom. The van der Waals surface area contributed by atoms with E-state index in [-0.39, 0.29) is 18.5 Å². The second-order valence-electron chi connectivity index (χ2n) is 11.0. The van der Waals surface area contributed by atoms with Gasteiger partial charge >= 0.3 is 5.69 Å². The average molecular weight is 615 g/mol. The van der Waals surface area contributed by atoms with Gasteiger partial charge < -0.3 is 20.7 Å². The fourth-order valence-corrected chi connectivity index (χ4v) is 5.64. The Labute approximate surface area is 259 Å². The van der Waals surface area contributed by atoms with Gasteiger partial charge in [0, 0.05) is 38.4 Å². The number of halogens is 1. The fourth-order valence-electron chi connectivity index (χ4n) is 5.64. The second kappa shape index (κ2) is 12.9. The number of hydrogen-bond acceptors (Lipinski definition) is 7. The highest BCUT2D eigenvalue weighted by atomic mass is 19.1. The van der Waals surface area contributed by atoms with E-state index in [0.29, 0.717) is 35.5 Å². The third-order valence-corrected chi connectivity index (χ3v) is 8.24. The van der Waals surface area contributed by atoms with Gasteiger partial charge in [0.15, 0.2) is 0 Å². The molecule has 3 aromatic carbocycles. The molecule has 11 nitrogen and oxygen atoms in total. The van der Waals surface area contributed by atoms with Crippen LogP contribution in [0.1, 0.15) is 40.0 Å². The van der Waals surface area contributed by atoms with Gasteiger partial charge in [-0.15, -0.1) is 0 Å². The second-order valence-corrected chi connectivity index (χ2v) is 11.0. The summed E-state index contributed by atoms with van der Waals surface area (Å²) in [5, 5.41) is 12.6. The van der Waals surface area contributed by atoms with E-state index in [0.717, 1.165) is 43.5 Å². The summed E-state index contributed by atoms with van der Waals surface area (Å²) in [6, 6.07) is 14.0. The monoisotopic (exact) mass is 614 g/mol. The number of rotatable bonds is 8. The lowest BCUT2D eigenvalue weighted by Crippen LogP contribution is -2.48. The minimum atomic E-state index is -0.795.